The van der Waals surface area contributed by atoms with Crippen molar-refractivity contribution < 1.29 is 18.8 Å². The minimum atomic E-state index is -1.19. The van der Waals surface area contributed by atoms with Gasteiger partial charge in [0.25, 0.3) is 5.91 Å². The molecule has 4 rings (SSSR count). The van der Waals surface area contributed by atoms with Crippen molar-refractivity contribution in [2.24, 2.45) is 0 Å². The van der Waals surface area contributed by atoms with Crippen LogP contribution in [-0.4, -0.2) is 27.7 Å². The third kappa shape index (κ3) is 6.40. The predicted molar refractivity (Wildman–Crippen MR) is 137 cm³/mol. The third-order valence-electron chi connectivity index (χ3n) is 5.45. The number of nitrogens with one attached hydrogen (secondary N) is 2. The summed E-state index contributed by atoms with van der Waals surface area (Å²) in [6, 6.07) is 20.0. The molecular weight excluding hydrogens is 473 g/mol. The second-order valence-electron chi connectivity index (χ2n) is 8.15. The molecule has 0 aliphatic heterocycles. The minimum Gasteiger partial charge on any atom is -0.350 e. The number of amides is 3. The number of hydrogen-bond donors (Lipinski definition) is 2. The molecule has 3 amide bonds. The zero-order valence-electron chi connectivity index (χ0n) is 20.0. The van der Waals surface area contributed by atoms with Crippen molar-refractivity contribution >= 4 is 29.1 Å². The van der Waals surface area contributed by atoms with Gasteiger partial charge in [0.05, 0.1) is 6.20 Å². The molecule has 0 aliphatic rings. The topological polar surface area (TPSA) is 104 Å². The monoisotopic (exact) mass is 497 g/mol. The summed E-state index contributed by atoms with van der Waals surface area (Å²) in [7, 11) is 0. The number of benzene rings is 3. The maximum absolute atomic E-state index is 13.8. The molecule has 37 heavy (non-hydrogen) atoms. The molecule has 186 valence electrons. The first-order valence-electron chi connectivity index (χ1n) is 11.5. The number of rotatable bonds is 8. The highest BCUT2D eigenvalue weighted by molar-refractivity contribution is 6.09. The molecule has 3 aromatic carbocycles. The first kappa shape index (κ1) is 25.2. The van der Waals surface area contributed by atoms with Crippen molar-refractivity contribution in [3.8, 4) is 0 Å². The van der Waals surface area contributed by atoms with Gasteiger partial charge in [-0.05, 0) is 41.5 Å². The van der Waals surface area contributed by atoms with Gasteiger partial charge in [0, 0.05) is 37.2 Å². The van der Waals surface area contributed by atoms with E-state index in [0.717, 1.165) is 5.56 Å². The molecule has 1 heterocycles. The zero-order chi connectivity index (χ0) is 26.2. The first-order valence-corrected chi connectivity index (χ1v) is 11.5. The number of carbonyl (C=O) groups is 3. The lowest BCUT2D eigenvalue weighted by Crippen LogP contribution is -2.44. The van der Waals surface area contributed by atoms with E-state index in [0.29, 0.717) is 16.9 Å². The number of anilines is 2. The third-order valence-corrected chi connectivity index (χ3v) is 5.45. The van der Waals surface area contributed by atoms with Gasteiger partial charge in [0.15, 0.2) is 0 Å². The molecule has 4 aromatic rings. The highest BCUT2D eigenvalue weighted by Crippen LogP contribution is 2.31. The van der Waals surface area contributed by atoms with E-state index in [9.17, 15) is 18.8 Å². The van der Waals surface area contributed by atoms with Crippen molar-refractivity contribution in [2.45, 2.75) is 19.5 Å². The van der Waals surface area contributed by atoms with Crippen molar-refractivity contribution in [2.75, 3.05) is 10.2 Å². The van der Waals surface area contributed by atoms with Crippen LogP contribution in [0, 0.1) is 5.82 Å². The van der Waals surface area contributed by atoms with Crippen LogP contribution in [0.1, 0.15) is 34.6 Å². The maximum atomic E-state index is 13.8. The van der Waals surface area contributed by atoms with Crippen LogP contribution >= 0.6 is 0 Å². The van der Waals surface area contributed by atoms with E-state index in [-0.39, 0.29) is 18.1 Å². The summed E-state index contributed by atoms with van der Waals surface area (Å²) in [6.45, 7) is 1.59. The molecule has 1 unspecified atom stereocenters. The molecule has 0 saturated heterocycles. The number of aromatic nitrogens is 2. The number of carbonyl (C=O) groups excluding carboxylic acids is 3. The number of hydrogen-bond acceptors (Lipinski definition) is 5. The lowest BCUT2D eigenvalue weighted by atomic mass is 10.0. The molecule has 2 N–H and O–H groups in total. The molecule has 1 aromatic heterocycles. The second-order valence-corrected chi connectivity index (χ2v) is 8.15. The Morgan fingerprint density at radius 1 is 0.946 bits per heavy atom. The zero-order valence-corrected chi connectivity index (χ0v) is 20.0. The van der Waals surface area contributed by atoms with Crippen molar-refractivity contribution in [1.82, 2.24) is 15.3 Å². The average Bonchev–Trinajstić information content (AvgIpc) is 2.91. The molecule has 9 heteroatoms. The van der Waals surface area contributed by atoms with Gasteiger partial charge in [-0.3, -0.25) is 24.3 Å². The van der Waals surface area contributed by atoms with Crippen LogP contribution in [0.4, 0.5) is 15.8 Å². The molecule has 1 atom stereocenters. The predicted octanol–water partition coefficient (Wildman–Crippen LogP) is 4.28. The van der Waals surface area contributed by atoms with Gasteiger partial charge >= 0.3 is 0 Å². The quantitative estimate of drug-likeness (QED) is 0.378. The summed E-state index contributed by atoms with van der Waals surface area (Å²) in [5, 5.41) is 5.57. The van der Waals surface area contributed by atoms with E-state index in [2.05, 4.69) is 20.6 Å². The molecule has 0 spiro atoms. The normalized spacial score (nSPS) is 11.3. The summed E-state index contributed by atoms with van der Waals surface area (Å²) in [6.07, 6.45) is 4.11. The first-order chi connectivity index (χ1) is 17.9. The molecule has 0 fully saturated rings. The molecule has 0 bridgehead atoms. The fraction of sp³-hybridized carbons (Fsp3) is 0.107. The Labute approximate surface area is 213 Å². The highest BCUT2D eigenvalue weighted by Gasteiger charge is 2.34. The van der Waals surface area contributed by atoms with E-state index in [1.807, 2.05) is 30.3 Å². The van der Waals surface area contributed by atoms with E-state index in [1.54, 1.807) is 24.3 Å². The van der Waals surface area contributed by atoms with Crippen molar-refractivity contribution in [1.29, 1.82) is 0 Å². The fourth-order valence-corrected chi connectivity index (χ4v) is 3.80. The Morgan fingerprint density at radius 3 is 2.38 bits per heavy atom. The lowest BCUT2D eigenvalue weighted by Gasteiger charge is -2.31. The minimum absolute atomic E-state index is 0.00963. The lowest BCUT2D eigenvalue weighted by molar-refractivity contribution is -0.122. The van der Waals surface area contributed by atoms with E-state index in [4.69, 9.17) is 0 Å². The smallest absolute Gasteiger partial charge is 0.279 e. The van der Waals surface area contributed by atoms with Gasteiger partial charge in [0.1, 0.15) is 17.6 Å². The summed E-state index contributed by atoms with van der Waals surface area (Å²) in [4.78, 5) is 48.6. The Hall–Kier alpha value is -4.92. The Bertz CT molecular complexity index is 1380. The summed E-state index contributed by atoms with van der Waals surface area (Å²) >= 11 is 0. The van der Waals surface area contributed by atoms with Crippen LogP contribution in [0.15, 0.2) is 97.5 Å². The highest BCUT2D eigenvalue weighted by atomic mass is 19.1. The van der Waals surface area contributed by atoms with Crippen LogP contribution in [0.3, 0.4) is 0 Å². The number of nitrogens with zero attached hydrogens (tertiary/aromatic N) is 3. The van der Waals surface area contributed by atoms with Crippen LogP contribution in [-0.2, 0) is 16.1 Å². The summed E-state index contributed by atoms with van der Waals surface area (Å²) in [5.41, 5.74) is 2.02. The van der Waals surface area contributed by atoms with Crippen LogP contribution in [0.5, 0.6) is 0 Å². The van der Waals surface area contributed by atoms with Gasteiger partial charge in [-0.25, -0.2) is 9.37 Å². The molecule has 8 nitrogen and oxygen atoms in total. The fourth-order valence-electron chi connectivity index (χ4n) is 3.80. The van der Waals surface area contributed by atoms with Crippen molar-refractivity contribution in [3.63, 3.8) is 0 Å². The van der Waals surface area contributed by atoms with Gasteiger partial charge in [-0.2, -0.15) is 0 Å². The Balaban J connectivity index is 1.81. The van der Waals surface area contributed by atoms with Crippen molar-refractivity contribution in [3.05, 3.63) is 120 Å². The SMILES string of the molecule is CC(=O)Nc1cccc(N(C(=O)c2cnccn2)C(C(=O)NCc2ccccc2)c2ccc(F)cc2)c1. The maximum Gasteiger partial charge on any atom is 0.279 e. The van der Waals surface area contributed by atoms with E-state index in [1.165, 1.54) is 54.7 Å². The molecular formula is C28H24FN5O3. The molecule has 0 saturated carbocycles. The largest absolute Gasteiger partial charge is 0.350 e. The summed E-state index contributed by atoms with van der Waals surface area (Å²) < 4.78 is 13.8. The van der Waals surface area contributed by atoms with Crippen LogP contribution in [0.25, 0.3) is 0 Å². The van der Waals surface area contributed by atoms with Gasteiger partial charge < -0.3 is 10.6 Å². The van der Waals surface area contributed by atoms with E-state index < -0.39 is 23.7 Å². The van der Waals surface area contributed by atoms with Gasteiger partial charge in [-0.15, -0.1) is 0 Å². The Kier molecular flexibility index (Phi) is 7.95. The summed E-state index contributed by atoms with van der Waals surface area (Å²) in [5.74, 6) is -1.86. The number of halogens is 1. The average molecular weight is 498 g/mol. The standard InChI is InChI=1S/C28H24FN5O3/c1-19(35)33-23-8-5-9-24(16-23)34(28(37)25-18-30-14-15-31-25)26(21-10-12-22(29)13-11-21)27(36)32-17-20-6-3-2-4-7-20/h2-16,18,26H,17H2,1H3,(H,32,36)(H,33,35). The van der Waals surface area contributed by atoms with Crippen LogP contribution in [0.2, 0.25) is 0 Å². The molecule has 0 radical (unpaired) electrons. The van der Waals surface area contributed by atoms with E-state index >= 15 is 0 Å². The van der Waals surface area contributed by atoms with Gasteiger partial charge in [0.2, 0.25) is 11.8 Å². The Morgan fingerprint density at radius 2 is 1.70 bits per heavy atom. The van der Waals surface area contributed by atoms with Crippen LogP contribution < -0.4 is 15.5 Å². The second kappa shape index (κ2) is 11.7. The molecule has 0 aliphatic carbocycles. The van der Waals surface area contributed by atoms with Gasteiger partial charge in [-0.1, -0.05) is 48.5 Å².